The molecular weight excluding hydrogens is 372 g/mol. The number of carbonyl (C=O) groups is 1. The van der Waals surface area contributed by atoms with Gasteiger partial charge < -0.3 is 9.04 Å². The minimum Gasteiger partial charge on any atom is -0.487 e. The summed E-state index contributed by atoms with van der Waals surface area (Å²) in [7, 11) is 0. The molecule has 0 saturated heterocycles. The van der Waals surface area contributed by atoms with Gasteiger partial charge in [0.15, 0.2) is 0 Å². The van der Waals surface area contributed by atoms with E-state index in [0.29, 0.717) is 11.1 Å². The molecule has 7 heteroatoms. The predicted molar refractivity (Wildman–Crippen MR) is 102 cm³/mol. The second-order valence-electron chi connectivity index (χ2n) is 6.32. The number of nitrogens with zero attached hydrogens (tertiary/aromatic N) is 1. The lowest BCUT2D eigenvalue weighted by atomic mass is 10.0. The van der Waals surface area contributed by atoms with Gasteiger partial charge in [-0.2, -0.15) is 0 Å². The van der Waals surface area contributed by atoms with Gasteiger partial charge in [0, 0.05) is 17.3 Å². The van der Waals surface area contributed by atoms with Crippen LogP contribution in [0.15, 0.2) is 36.4 Å². The van der Waals surface area contributed by atoms with Crippen molar-refractivity contribution >= 4 is 23.6 Å². The summed E-state index contributed by atoms with van der Waals surface area (Å²) in [5.74, 6) is -0.658. The lowest BCUT2D eigenvalue weighted by Crippen LogP contribution is -2.22. The number of anilines is 1. The van der Waals surface area contributed by atoms with E-state index in [1.807, 2.05) is 18.4 Å². The first-order valence-corrected chi connectivity index (χ1v) is 9.95. The monoisotopic (exact) mass is 393 g/mol. The van der Waals surface area contributed by atoms with Crippen LogP contribution in [-0.4, -0.2) is 18.8 Å². The highest BCUT2D eigenvalue weighted by Gasteiger charge is 2.20. The Labute approximate surface area is 161 Å². The van der Waals surface area contributed by atoms with E-state index < -0.39 is 11.8 Å². The fraction of sp³-hybridized carbons (Fsp3) is 0.350. The van der Waals surface area contributed by atoms with Gasteiger partial charge in [0.2, 0.25) is 0 Å². The second-order valence-corrected chi connectivity index (χ2v) is 7.12. The van der Waals surface area contributed by atoms with Crippen LogP contribution in [0.1, 0.15) is 29.5 Å². The maximum Gasteiger partial charge on any atom is 0.349 e. The third-order valence-corrected chi connectivity index (χ3v) is 5.36. The van der Waals surface area contributed by atoms with Crippen molar-refractivity contribution in [1.29, 1.82) is 0 Å². The normalized spacial score (nSPS) is 13.2. The van der Waals surface area contributed by atoms with Gasteiger partial charge in [-0.05, 0) is 48.1 Å². The molecule has 1 aliphatic rings. The van der Waals surface area contributed by atoms with Gasteiger partial charge in [0.1, 0.15) is 18.2 Å². The lowest BCUT2D eigenvalue weighted by molar-refractivity contribution is -0.183. The van der Waals surface area contributed by atoms with Gasteiger partial charge in [-0.3, -0.25) is 4.94 Å². The first kappa shape index (κ1) is 19.5. The average molecular weight is 393 g/mol. The fourth-order valence-corrected chi connectivity index (χ4v) is 3.90. The minimum atomic E-state index is -1.01. The van der Waals surface area contributed by atoms with E-state index in [0.717, 1.165) is 30.8 Å². The molecule has 0 radical (unpaired) electrons. The summed E-state index contributed by atoms with van der Waals surface area (Å²) < 4.78 is 34.1. The Balaban J connectivity index is 1.69. The molecule has 1 aliphatic heterocycles. The number of halogens is 2. The summed E-state index contributed by atoms with van der Waals surface area (Å²) in [6.07, 6.45) is 4.06. The zero-order chi connectivity index (χ0) is 19.2. The van der Waals surface area contributed by atoms with Crippen molar-refractivity contribution in [2.75, 3.05) is 17.1 Å². The first-order chi connectivity index (χ1) is 13.1. The van der Waals surface area contributed by atoms with Crippen LogP contribution in [0.4, 0.5) is 14.6 Å². The summed E-state index contributed by atoms with van der Waals surface area (Å²) in [6, 6.07) is 10.8. The number of benzene rings is 2. The Bertz CT molecular complexity index is 816. The highest BCUT2D eigenvalue weighted by molar-refractivity contribution is 8.00. The number of aryl methyl sites for hydroxylation is 2. The minimum absolute atomic E-state index is 0.0879. The van der Waals surface area contributed by atoms with Crippen LogP contribution in [0.3, 0.4) is 0 Å². The van der Waals surface area contributed by atoms with Crippen molar-refractivity contribution in [3.8, 4) is 5.75 Å². The molecule has 0 spiro atoms. The molecule has 0 aliphatic carbocycles. The van der Waals surface area contributed by atoms with E-state index in [9.17, 15) is 13.7 Å². The van der Waals surface area contributed by atoms with Gasteiger partial charge in [0.05, 0.1) is 12.1 Å². The molecule has 0 fully saturated rings. The number of hydrogen-bond acceptors (Lipinski definition) is 5. The summed E-state index contributed by atoms with van der Waals surface area (Å²) in [6.45, 7) is 1.21. The van der Waals surface area contributed by atoms with Crippen LogP contribution < -0.4 is 9.04 Å². The third-order valence-electron chi connectivity index (χ3n) is 4.56. The second kappa shape index (κ2) is 9.08. The zero-order valence-corrected chi connectivity index (χ0v) is 15.9. The Hall–Kier alpha value is -2.28. The van der Waals surface area contributed by atoms with Crippen molar-refractivity contribution in [2.45, 2.75) is 32.3 Å². The quantitative estimate of drug-likeness (QED) is 0.632. The molecule has 1 heterocycles. The van der Waals surface area contributed by atoms with E-state index in [4.69, 9.17) is 4.74 Å². The molecule has 144 valence electrons. The van der Waals surface area contributed by atoms with Crippen molar-refractivity contribution < 1.29 is 23.4 Å². The molecule has 4 nitrogen and oxygen atoms in total. The van der Waals surface area contributed by atoms with Crippen LogP contribution in [0.25, 0.3) is 0 Å². The van der Waals surface area contributed by atoms with E-state index in [1.165, 1.54) is 11.6 Å². The van der Waals surface area contributed by atoms with E-state index >= 15 is 0 Å². The number of ether oxygens (including phenoxy) is 1. The Morgan fingerprint density at radius 1 is 1.30 bits per heavy atom. The van der Waals surface area contributed by atoms with Crippen molar-refractivity contribution in [3.63, 3.8) is 0 Å². The van der Waals surface area contributed by atoms with Crippen LogP contribution in [0, 0.1) is 5.82 Å². The summed E-state index contributed by atoms with van der Waals surface area (Å²) in [5, 5.41) is 0. The molecule has 0 unspecified atom stereocenters. The average Bonchev–Trinajstić information content (AvgIpc) is 2.70. The zero-order valence-electron chi connectivity index (χ0n) is 15.0. The molecule has 0 N–H and O–H groups in total. The number of fused-ring (bicyclic) bond motifs is 1. The Kier molecular flexibility index (Phi) is 6.55. The molecule has 0 atom stereocenters. The van der Waals surface area contributed by atoms with Gasteiger partial charge in [0.25, 0.3) is 0 Å². The summed E-state index contributed by atoms with van der Waals surface area (Å²) in [5.41, 5.74) is 3.38. The van der Waals surface area contributed by atoms with Crippen LogP contribution in [-0.2, 0) is 29.2 Å². The lowest BCUT2D eigenvalue weighted by Gasteiger charge is -2.30. The van der Waals surface area contributed by atoms with Crippen LogP contribution in [0.2, 0.25) is 0 Å². The molecule has 3 rings (SSSR count). The number of rotatable bonds is 7. The fourth-order valence-electron chi connectivity index (χ4n) is 3.20. The highest BCUT2D eigenvalue weighted by Crippen LogP contribution is 2.39. The van der Waals surface area contributed by atoms with Gasteiger partial charge in [-0.15, -0.1) is 0 Å². The first-order valence-electron chi connectivity index (χ1n) is 8.77. The molecule has 0 saturated carbocycles. The summed E-state index contributed by atoms with van der Waals surface area (Å²) in [4.78, 5) is 13.9. The smallest absolute Gasteiger partial charge is 0.349 e. The maximum absolute atomic E-state index is 14.2. The van der Waals surface area contributed by atoms with E-state index in [1.54, 1.807) is 24.1 Å². The molecule has 2 aromatic rings. The SMILES string of the molecule is CSN1CCCc2cccc(OCc3ccc(CCC(=O)OF)c(F)c3)c21. The number of para-hydroxylation sites is 1. The largest absolute Gasteiger partial charge is 0.487 e. The molecule has 0 aromatic heterocycles. The predicted octanol–water partition coefficient (Wildman–Crippen LogP) is 4.80. The van der Waals surface area contributed by atoms with Crippen molar-refractivity contribution in [3.05, 3.63) is 58.9 Å². The van der Waals surface area contributed by atoms with Crippen LogP contribution >= 0.6 is 11.9 Å². The maximum atomic E-state index is 14.2. The summed E-state index contributed by atoms with van der Waals surface area (Å²) >= 11 is 1.67. The molecule has 2 aromatic carbocycles. The van der Waals surface area contributed by atoms with E-state index in [2.05, 4.69) is 15.3 Å². The molecule has 27 heavy (non-hydrogen) atoms. The van der Waals surface area contributed by atoms with Crippen molar-refractivity contribution in [2.24, 2.45) is 0 Å². The van der Waals surface area contributed by atoms with Crippen molar-refractivity contribution in [1.82, 2.24) is 0 Å². The number of hydrogen-bond donors (Lipinski definition) is 0. The standard InChI is InChI=1S/C20H21F2NO3S/c1-27-23-11-3-5-16-4-2-6-18(20(16)23)25-13-14-7-8-15(17(21)12-14)9-10-19(24)26-22/h2,4,6-8,12H,3,5,9-11,13H2,1H3. The molecular formula is C20H21F2NO3S. The van der Waals surface area contributed by atoms with Gasteiger partial charge in [-0.1, -0.05) is 36.2 Å². The van der Waals surface area contributed by atoms with E-state index in [-0.39, 0.29) is 19.4 Å². The Morgan fingerprint density at radius 3 is 2.89 bits per heavy atom. The van der Waals surface area contributed by atoms with Crippen LogP contribution in [0.5, 0.6) is 5.75 Å². The Morgan fingerprint density at radius 2 is 2.15 bits per heavy atom. The molecule has 0 amide bonds. The third kappa shape index (κ3) is 4.71. The number of carbonyl (C=O) groups excluding carboxylic acids is 1. The van der Waals surface area contributed by atoms with Gasteiger partial charge >= 0.3 is 5.97 Å². The van der Waals surface area contributed by atoms with Gasteiger partial charge in [-0.25, -0.2) is 9.18 Å². The molecule has 0 bridgehead atoms. The highest BCUT2D eigenvalue weighted by atomic mass is 32.2. The topological polar surface area (TPSA) is 38.8 Å².